The second-order valence-electron chi connectivity index (χ2n) is 5.22. The number of guanidine groups is 1. The highest BCUT2D eigenvalue weighted by atomic mass is 127. The Morgan fingerprint density at radius 2 is 1.92 bits per heavy atom. The van der Waals surface area contributed by atoms with Crippen LogP contribution < -0.4 is 5.32 Å². The molecule has 0 heterocycles. The maximum atomic E-state index is 12.2. The molecule has 0 atom stereocenters. The molecule has 5 nitrogen and oxygen atoms in total. The largest absolute Gasteiger partial charge is 0.357 e. The number of likely N-dealkylation sites (N-methyl/N-ethyl adjacent to an activating group) is 2. The summed E-state index contributed by atoms with van der Waals surface area (Å²) in [6, 6.07) is 7.64. The van der Waals surface area contributed by atoms with Gasteiger partial charge in [0, 0.05) is 31.7 Å². The Balaban J connectivity index is 0.00000529. The maximum absolute atomic E-state index is 12.2. The summed E-state index contributed by atoms with van der Waals surface area (Å²) < 4.78 is 0. The van der Waals surface area contributed by atoms with E-state index in [1.807, 2.05) is 61.9 Å². The van der Waals surface area contributed by atoms with Crippen molar-refractivity contribution in [1.29, 1.82) is 0 Å². The van der Waals surface area contributed by atoms with Gasteiger partial charge in [-0.25, -0.2) is 4.99 Å². The van der Waals surface area contributed by atoms with Crippen molar-refractivity contribution < 1.29 is 4.79 Å². The number of aliphatic imine (C=N–C) groups is 1. The first-order valence-corrected chi connectivity index (χ1v) is 8.41. The van der Waals surface area contributed by atoms with E-state index in [4.69, 9.17) is 11.6 Å². The Labute approximate surface area is 167 Å². The van der Waals surface area contributed by atoms with Crippen molar-refractivity contribution in [2.45, 2.75) is 27.3 Å². The molecule has 0 bridgehead atoms. The molecule has 136 valence electrons. The summed E-state index contributed by atoms with van der Waals surface area (Å²) in [5.41, 5.74) is 1.04. The van der Waals surface area contributed by atoms with Crippen molar-refractivity contribution in [3.05, 3.63) is 34.9 Å². The lowest BCUT2D eigenvalue weighted by atomic mass is 10.2. The first kappa shape index (κ1) is 23.0. The third-order valence-electron chi connectivity index (χ3n) is 3.49. The summed E-state index contributed by atoms with van der Waals surface area (Å²) in [4.78, 5) is 20.5. The molecule has 24 heavy (non-hydrogen) atoms. The third-order valence-corrected chi connectivity index (χ3v) is 3.72. The van der Waals surface area contributed by atoms with Crippen molar-refractivity contribution in [1.82, 2.24) is 15.1 Å². The molecule has 1 N–H and O–H groups in total. The van der Waals surface area contributed by atoms with E-state index >= 15 is 0 Å². The van der Waals surface area contributed by atoms with E-state index in [0.717, 1.165) is 25.2 Å². The summed E-state index contributed by atoms with van der Waals surface area (Å²) in [5.74, 6) is 0.818. The van der Waals surface area contributed by atoms with E-state index in [-0.39, 0.29) is 29.9 Å². The average Bonchev–Trinajstić information content (AvgIpc) is 2.52. The zero-order chi connectivity index (χ0) is 17.2. The lowest BCUT2D eigenvalue weighted by Gasteiger charge is -2.25. The summed E-state index contributed by atoms with van der Waals surface area (Å²) >= 11 is 5.99. The van der Waals surface area contributed by atoms with Gasteiger partial charge in [-0.1, -0.05) is 23.7 Å². The van der Waals surface area contributed by atoms with E-state index in [0.29, 0.717) is 24.1 Å². The Morgan fingerprint density at radius 1 is 1.25 bits per heavy atom. The van der Waals surface area contributed by atoms with Crippen molar-refractivity contribution in [3.63, 3.8) is 0 Å². The highest BCUT2D eigenvalue weighted by Crippen LogP contribution is 2.11. The predicted molar refractivity (Wildman–Crippen MR) is 112 cm³/mol. The van der Waals surface area contributed by atoms with Crippen molar-refractivity contribution in [3.8, 4) is 0 Å². The fourth-order valence-corrected chi connectivity index (χ4v) is 2.44. The highest BCUT2D eigenvalue weighted by Gasteiger charge is 2.14. The second-order valence-corrected chi connectivity index (χ2v) is 5.66. The van der Waals surface area contributed by atoms with Crippen molar-refractivity contribution >= 4 is 47.4 Å². The van der Waals surface area contributed by atoms with E-state index in [1.54, 1.807) is 0 Å². The Morgan fingerprint density at radius 3 is 2.46 bits per heavy atom. The zero-order valence-corrected chi connectivity index (χ0v) is 18.0. The fraction of sp³-hybridized carbons (Fsp3) is 0.529. The van der Waals surface area contributed by atoms with Crippen LogP contribution in [0.1, 0.15) is 26.3 Å². The van der Waals surface area contributed by atoms with E-state index in [9.17, 15) is 4.79 Å². The van der Waals surface area contributed by atoms with Gasteiger partial charge in [-0.05, 0) is 38.5 Å². The minimum absolute atomic E-state index is 0. The van der Waals surface area contributed by atoms with Crippen LogP contribution in [0.3, 0.4) is 0 Å². The van der Waals surface area contributed by atoms with Crippen LogP contribution in [0.25, 0.3) is 0 Å². The second kappa shape index (κ2) is 12.4. The zero-order valence-electron chi connectivity index (χ0n) is 14.9. The molecule has 0 saturated carbocycles. The van der Waals surface area contributed by atoms with Gasteiger partial charge in [0.05, 0.1) is 13.1 Å². The Hall–Kier alpha value is -1.02. The number of rotatable bonds is 7. The van der Waals surface area contributed by atoms with E-state index in [1.165, 1.54) is 0 Å². The number of carbonyl (C=O) groups excluding carboxylic acids is 1. The fourth-order valence-electron chi connectivity index (χ4n) is 2.23. The molecule has 0 saturated heterocycles. The molecule has 7 heteroatoms. The minimum Gasteiger partial charge on any atom is -0.357 e. The van der Waals surface area contributed by atoms with Gasteiger partial charge in [0.25, 0.3) is 0 Å². The van der Waals surface area contributed by atoms with Gasteiger partial charge in [-0.3, -0.25) is 4.79 Å². The summed E-state index contributed by atoms with van der Waals surface area (Å²) in [6.07, 6.45) is 0. The average molecular weight is 467 g/mol. The van der Waals surface area contributed by atoms with Crippen LogP contribution in [0.2, 0.25) is 5.02 Å². The first-order valence-electron chi connectivity index (χ1n) is 8.03. The maximum Gasteiger partial charge on any atom is 0.242 e. The van der Waals surface area contributed by atoms with Gasteiger partial charge in [-0.15, -0.1) is 24.0 Å². The van der Waals surface area contributed by atoms with Crippen LogP contribution in [-0.4, -0.2) is 54.9 Å². The van der Waals surface area contributed by atoms with Gasteiger partial charge < -0.3 is 15.1 Å². The molecule has 0 radical (unpaired) electrons. The van der Waals surface area contributed by atoms with Crippen LogP contribution in [0.4, 0.5) is 0 Å². The molecule has 1 amide bonds. The van der Waals surface area contributed by atoms with Crippen LogP contribution in [-0.2, 0) is 11.3 Å². The Kier molecular flexibility index (Phi) is 11.8. The van der Waals surface area contributed by atoms with Crippen molar-refractivity contribution in [2.24, 2.45) is 4.99 Å². The van der Waals surface area contributed by atoms with Gasteiger partial charge in [-0.2, -0.15) is 0 Å². The number of nitrogens with one attached hydrogen (secondary N) is 1. The SMILES string of the molecule is CCNC(=NCc1cccc(Cl)c1)N(C)CC(=O)N(CC)CC.I. The summed E-state index contributed by atoms with van der Waals surface area (Å²) in [6.45, 7) is 9.00. The number of benzene rings is 1. The van der Waals surface area contributed by atoms with Crippen LogP contribution in [0.15, 0.2) is 29.3 Å². The highest BCUT2D eigenvalue weighted by molar-refractivity contribution is 14.0. The lowest BCUT2D eigenvalue weighted by Crippen LogP contribution is -2.45. The van der Waals surface area contributed by atoms with Crippen LogP contribution >= 0.6 is 35.6 Å². The van der Waals surface area contributed by atoms with Crippen molar-refractivity contribution in [2.75, 3.05) is 33.2 Å². The molecule has 1 aromatic carbocycles. The predicted octanol–water partition coefficient (Wildman–Crippen LogP) is 3.22. The summed E-state index contributed by atoms with van der Waals surface area (Å²) in [5, 5.41) is 3.92. The smallest absolute Gasteiger partial charge is 0.242 e. The first-order chi connectivity index (χ1) is 11.0. The number of hydrogen-bond acceptors (Lipinski definition) is 2. The number of nitrogens with zero attached hydrogens (tertiary/aromatic N) is 3. The number of hydrogen-bond donors (Lipinski definition) is 1. The summed E-state index contributed by atoms with van der Waals surface area (Å²) in [7, 11) is 1.88. The molecule has 0 aliphatic heterocycles. The van der Waals surface area contributed by atoms with Gasteiger partial charge in [0.15, 0.2) is 5.96 Å². The topological polar surface area (TPSA) is 47.9 Å². The van der Waals surface area contributed by atoms with Crippen LogP contribution in [0.5, 0.6) is 0 Å². The normalized spacial score (nSPS) is 10.8. The third kappa shape index (κ3) is 7.70. The molecule has 0 fully saturated rings. The molecular formula is C17H28ClIN4O. The molecule has 0 aliphatic carbocycles. The van der Waals surface area contributed by atoms with Crippen LogP contribution in [0, 0.1) is 0 Å². The van der Waals surface area contributed by atoms with Gasteiger partial charge in [0.1, 0.15) is 0 Å². The lowest BCUT2D eigenvalue weighted by molar-refractivity contribution is -0.131. The molecule has 0 aliphatic rings. The number of carbonyl (C=O) groups is 1. The molecule has 1 rings (SSSR count). The molecule has 0 spiro atoms. The van der Waals surface area contributed by atoms with Gasteiger partial charge in [0.2, 0.25) is 5.91 Å². The molecule has 0 aromatic heterocycles. The van der Waals surface area contributed by atoms with E-state index in [2.05, 4.69) is 10.3 Å². The van der Waals surface area contributed by atoms with E-state index < -0.39 is 0 Å². The quantitative estimate of drug-likeness (QED) is 0.381. The number of amides is 1. The molecule has 1 aromatic rings. The number of halogens is 2. The van der Waals surface area contributed by atoms with Gasteiger partial charge >= 0.3 is 0 Å². The minimum atomic E-state index is 0. The standard InChI is InChI=1S/C17H27ClN4O.HI/c1-5-19-17(20-12-14-9-8-10-15(18)11-14)21(4)13-16(23)22(6-2)7-3;/h8-11H,5-7,12-13H2,1-4H3,(H,19,20);1H. The Bertz CT molecular complexity index is 535. The monoisotopic (exact) mass is 466 g/mol. The molecular weight excluding hydrogens is 439 g/mol. The molecule has 0 unspecified atom stereocenters.